The zero-order chi connectivity index (χ0) is 13.6. The Balaban J connectivity index is 2.22. The minimum absolute atomic E-state index is 0.0377. The molecule has 1 aliphatic heterocycles. The molecule has 0 bridgehead atoms. The SMILES string of the molecule is Cc1nn(C)c2c1nc(CCl)n2C1CCCNC1=O. The first-order valence-corrected chi connectivity index (χ1v) is 6.91. The molecule has 1 unspecified atom stereocenters. The zero-order valence-corrected chi connectivity index (χ0v) is 11.7. The number of amides is 1. The number of aromatic nitrogens is 4. The van der Waals surface area contributed by atoms with E-state index in [1.807, 2.05) is 18.5 Å². The number of carbonyl (C=O) groups is 1. The molecule has 3 heterocycles. The Kier molecular flexibility index (Phi) is 2.97. The number of halogens is 1. The quantitative estimate of drug-likeness (QED) is 0.843. The van der Waals surface area contributed by atoms with Crippen molar-refractivity contribution in [3.8, 4) is 0 Å². The number of rotatable bonds is 2. The van der Waals surface area contributed by atoms with Crippen molar-refractivity contribution in [1.29, 1.82) is 0 Å². The summed E-state index contributed by atoms with van der Waals surface area (Å²) in [6.45, 7) is 2.66. The van der Waals surface area contributed by atoms with Crippen LogP contribution in [0.25, 0.3) is 11.2 Å². The first-order valence-electron chi connectivity index (χ1n) is 6.37. The lowest BCUT2D eigenvalue weighted by Crippen LogP contribution is -2.38. The lowest BCUT2D eigenvalue weighted by Gasteiger charge is -2.24. The Bertz CT molecular complexity index is 644. The van der Waals surface area contributed by atoms with Gasteiger partial charge in [0.1, 0.15) is 17.4 Å². The molecule has 0 radical (unpaired) electrons. The highest BCUT2D eigenvalue weighted by molar-refractivity contribution is 6.16. The van der Waals surface area contributed by atoms with Crippen LogP contribution in [0.15, 0.2) is 0 Å². The lowest BCUT2D eigenvalue weighted by molar-refractivity contribution is -0.125. The molecule has 2 aromatic heterocycles. The number of fused-ring (bicyclic) bond motifs is 1. The summed E-state index contributed by atoms with van der Waals surface area (Å²) >= 11 is 5.99. The largest absolute Gasteiger partial charge is 0.354 e. The summed E-state index contributed by atoms with van der Waals surface area (Å²) in [6.07, 6.45) is 1.78. The molecular weight excluding hydrogens is 266 g/mol. The summed E-state index contributed by atoms with van der Waals surface area (Å²) in [5, 5.41) is 7.27. The molecule has 6 nitrogen and oxygen atoms in total. The zero-order valence-electron chi connectivity index (χ0n) is 11.0. The minimum atomic E-state index is -0.234. The van der Waals surface area contributed by atoms with Crippen LogP contribution >= 0.6 is 11.6 Å². The van der Waals surface area contributed by atoms with E-state index < -0.39 is 0 Å². The van der Waals surface area contributed by atoms with Gasteiger partial charge in [-0.25, -0.2) is 4.98 Å². The molecule has 1 atom stereocenters. The molecule has 7 heteroatoms. The standard InChI is InChI=1S/C12H16ClN5O/c1-7-10-12(17(2)16-7)18(9(6-13)15-10)8-4-3-5-14-11(8)19/h8H,3-6H2,1-2H3,(H,14,19). The predicted molar refractivity (Wildman–Crippen MR) is 72.1 cm³/mol. The van der Waals surface area contributed by atoms with Crippen LogP contribution in [0.4, 0.5) is 0 Å². The van der Waals surface area contributed by atoms with Crippen LogP contribution in [0.2, 0.25) is 0 Å². The van der Waals surface area contributed by atoms with E-state index in [0.29, 0.717) is 0 Å². The molecule has 102 valence electrons. The summed E-state index contributed by atoms with van der Waals surface area (Å²) in [7, 11) is 1.87. The van der Waals surface area contributed by atoms with Crippen LogP contribution in [0.1, 0.15) is 30.4 Å². The molecular formula is C12H16ClN5O. The van der Waals surface area contributed by atoms with Crippen LogP contribution in [-0.4, -0.2) is 31.8 Å². The second-order valence-corrected chi connectivity index (χ2v) is 5.13. The van der Waals surface area contributed by atoms with Gasteiger partial charge in [0.05, 0.1) is 11.6 Å². The molecule has 0 spiro atoms. The van der Waals surface area contributed by atoms with Crippen LogP contribution in [0, 0.1) is 6.92 Å². The van der Waals surface area contributed by atoms with Gasteiger partial charge in [-0.15, -0.1) is 11.6 Å². The highest BCUT2D eigenvalue weighted by Gasteiger charge is 2.29. The summed E-state index contributed by atoms with van der Waals surface area (Å²) in [5.74, 6) is 1.06. The molecule has 2 aromatic rings. The Morgan fingerprint density at radius 2 is 2.32 bits per heavy atom. The van der Waals surface area contributed by atoms with Gasteiger partial charge in [0.2, 0.25) is 5.91 Å². The molecule has 3 rings (SSSR count). The third-order valence-corrected chi connectivity index (χ3v) is 3.83. The maximum atomic E-state index is 12.1. The fourth-order valence-corrected chi connectivity index (χ4v) is 2.95. The second-order valence-electron chi connectivity index (χ2n) is 4.86. The van der Waals surface area contributed by atoms with Crippen molar-refractivity contribution in [2.75, 3.05) is 6.54 Å². The highest BCUT2D eigenvalue weighted by Crippen LogP contribution is 2.28. The topological polar surface area (TPSA) is 64.7 Å². The second kappa shape index (κ2) is 4.52. The van der Waals surface area contributed by atoms with E-state index in [2.05, 4.69) is 15.4 Å². The molecule has 1 saturated heterocycles. The average molecular weight is 282 g/mol. The van der Waals surface area contributed by atoms with E-state index in [1.165, 1.54) is 0 Å². The number of carbonyl (C=O) groups excluding carboxylic acids is 1. The van der Waals surface area contributed by atoms with Crippen molar-refractivity contribution < 1.29 is 4.79 Å². The first-order chi connectivity index (χ1) is 9.13. The molecule has 1 amide bonds. The predicted octanol–water partition coefficient (Wildman–Crippen LogP) is 1.27. The Morgan fingerprint density at radius 1 is 1.53 bits per heavy atom. The lowest BCUT2D eigenvalue weighted by atomic mass is 10.1. The van der Waals surface area contributed by atoms with E-state index in [0.717, 1.165) is 42.1 Å². The monoisotopic (exact) mass is 281 g/mol. The van der Waals surface area contributed by atoms with Gasteiger partial charge >= 0.3 is 0 Å². The van der Waals surface area contributed by atoms with Gasteiger partial charge in [-0.05, 0) is 19.8 Å². The van der Waals surface area contributed by atoms with E-state index in [1.54, 1.807) is 4.68 Å². The van der Waals surface area contributed by atoms with Crippen molar-refractivity contribution in [2.45, 2.75) is 31.7 Å². The van der Waals surface area contributed by atoms with Crippen molar-refractivity contribution in [1.82, 2.24) is 24.6 Å². The molecule has 0 aliphatic carbocycles. The third kappa shape index (κ3) is 1.82. The van der Waals surface area contributed by atoms with Gasteiger partial charge in [0.15, 0.2) is 5.65 Å². The van der Waals surface area contributed by atoms with Gasteiger partial charge in [0, 0.05) is 13.6 Å². The molecule has 0 saturated carbocycles. The maximum absolute atomic E-state index is 12.1. The molecule has 0 aromatic carbocycles. The normalized spacial score (nSPS) is 19.9. The van der Waals surface area contributed by atoms with Crippen molar-refractivity contribution in [3.63, 3.8) is 0 Å². The molecule has 1 N–H and O–H groups in total. The molecule has 1 fully saturated rings. The average Bonchev–Trinajstić information content (AvgIpc) is 2.89. The van der Waals surface area contributed by atoms with Crippen LogP contribution in [0.5, 0.6) is 0 Å². The number of piperidine rings is 1. The van der Waals surface area contributed by atoms with Crippen LogP contribution in [-0.2, 0) is 17.7 Å². The number of nitrogens with zero attached hydrogens (tertiary/aromatic N) is 4. The molecule has 1 aliphatic rings. The third-order valence-electron chi connectivity index (χ3n) is 3.60. The Hall–Kier alpha value is -1.56. The highest BCUT2D eigenvalue weighted by atomic mass is 35.5. The van der Waals surface area contributed by atoms with Crippen LogP contribution < -0.4 is 5.32 Å². The smallest absolute Gasteiger partial charge is 0.243 e. The summed E-state index contributed by atoms with van der Waals surface area (Å²) in [5.41, 5.74) is 2.56. The number of hydrogen-bond donors (Lipinski definition) is 1. The number of imidazole rings is 1. The minimum Gasteiger partial charge on any atom is -0.354 e. The van der Waals surface area contributed by atoms with Gasteiger partial charge in [-0.1, -0.05) is 0 Å². The van der Waals surface area contributed by atoms with Gasteiger partial charge in [-0.2, -0.15) is 5.10 Å². The van der Waals surface area contributed by atoms with E-state index in [-0.39, 0.29) is 17.8 Å². The number of aryl methyl sites for hydroxylation is 2. The molecule has 19 heavy (non-hydrogen) atoms. The van der Waals surface area contributed by atoms with E-state index in [4.69, 9.17) is 11.6 Å². The first kappa shape index (κ1) is 12.5. The summed E-state index contributed by atoms with van der Waals surface area (Å²) in [4.78, 5) is 16.6. The van der Waals surface area contributed by atoms with Gasteiger partial charge < -0.3 is 5.32 Å². The number of alkyl halides is 1. The fourth-order valence-electron chi connectivity index (χ4n) is 2.76. The Morgan fingerprint density at radius 3 is 3.00 bits per heavy atom. The van der Waals surface area contributed by atoms with E-state index in [9.17, 15) is 4.79 Å². The maximum Gasteiger partial charge on any atom is 0.243 e. The van der Waals surface area contributed by atoms with Crippen molar-refractivity contribution in [2.24, 2.45) is 7.05 Å². The van der Waals surface area contributed by atoms with Crippen LogP contribution in [0.3, 0.4) is 0 Å². The van der Waals surface area contributed by atoms with Gasteiger partial charge in [0.25, 0.3) is 0 Å². The van der Waals surface area contributed by atoms with Gasteiger partial charge in [-0.3, -0.25) is 14.0 Å². The summed E-state index contributed by atoms with van der Waals surface area (Å²) < 4.78 is 3.71. The number of hydrogen-bond acceptors (Lipinski definition) is 3. The number of nitrogens with one attached hydrogen (secondary N) is 1. The van der Waals surface area contributed by atoms with Crippen molar-refractivity contribution in [3.05, 3.63) is 11.5 Å². The van der Waals surface area contributed by atoms with Crippen molar-refractivity contribution >= 4 is 28.7 Å². The summed E-state index contributed by atoms with van der Waals surface area (Å²) in [6, 6.07) is -0.234. The van der Waals surface area contributed by atoms with E-state index >= 15 is 0 Å². The Labute approximate surface area is 115 Å². The fraction of sp³-hybridized carbons (Fsp3) is 0.583.